The molecule has 0 unspecified atom stereocenters. The molecule has 0 bridgehead atoms. The van der Waals surface area contributed by atoms with Crippen molar-refractivity contribution in [2.45, 2.75) is 38.8 Å². The molecule has 1 aromatic carbocycles. The van der Waals surface area contributed by atoms with Crippen LogP contribution in [-0.2, 0) is 11.1 Å². The molecule has 0 heterocycles. The Morgan fingerprint density at radius 1 is 1.11 bits per heavy atom. The monoisotopic (exact) mass is 270 g/mol. The molecule has 0 atom stereocenters. The van der Waals surface area contributed by atoms with E-state index in [9.17, 15) is 9.50 Å². The van der Waals surface area contributed by atoms with Gasteiger partial charge in [-0.2, -0.15) is 0 Å². The minimum atomic E-state index is -1.56. The summed E-state index contributed by atoms with van der Waals surface area (Å²) in [4.78, 5) is 0. The fourth-order valence-electron chi connectivity index (χ4n) is 1.89. The van der Waals surface area contributed by atoms with Crippen molar-refractivity contribution in [3.05, 3.63) is 23.3 Å². The van der Waals surface area contributed by atoms with Gasteiger partial charge in [0, 0.05) is 11.0 Å². The highest BCUT2D eigenvalue weighted by atomic mass is 19.1. The van der Waals surface area contributed by atoms with Crippen molar-refractivity contribution in [2.75, 3.05) is 20.8 Å². The highest BCUT2D eigenvalue weighted by molar-refractivity contribution is 5.53. The van der Waals surface area contributed by atoms with Crippen LogP contribution >= 0.6 is 0 Å². The van der Waals surface area contributed by atoms with Gasteiger partial charge >= 0.3 is 0 Å². The molecule has 0 aliphatic rings. The molecule has 0 aliphatic carbocycles. The van der Waals surface area contributed by atoms with Crippen molar-refractivity contribution in [3.63, 3.8) is 0 Å². The second kappa shape index (κ2) is 5.37. The van der Waals surface area contributed by atoms with Crippen LogP contribution in [0.2, 0.25) is 0 Å². The molecule has 1 aromatic rings. The number of methoxy groups -OCH3 is 2. The van der Waals surface area contributed by atoms with Crippen LogP contribution in [0.1, 0.15) is 38.8 Å². The number of alkyl halides is 1. The van der Waals surface area contributed by atoms with Gasteiger partial charge in [-0.25, -0.2) is 4.39 Å². The van der Waals surface area contributed by atoms with E-state index in [-0.39, 0.29) is 6.61 Å². The molecule has 3 nitrogen and oxygen atoms in total. The van der Waals surface area contributed by atoms with E-state index in [0.29, 0.717) is 17.1 Å². The molecular formula is C15H23FO3. The molecule has 0 amide bonds. The van der Waals surface area contributed by atoms with Crippen molar-refractivity contribution < 1.29 is 19.0 Å². The van der Waals surface area contributed by atoms with E-state index >= 15 is 0 Å². The number of aliphatic hydroxyl groups is 1. The summed E-state index contributed by atoms with van der Waals surface area (Å²) in [6.45, 7) is 6.70. The topological polar surface area (TPSA) is 38.7 Å². The average molecular weight is 270 g/mol. The second-order valence-corrected chi connectivity index (χ2v) is 5.77. The highest BCUT2D eigenvalue weighted by Gasteiger charge is 2.30. The fraction of sp³-hybridized carbons (Fsp3) is 0.600. The molecule has 108 valence electrons. The first-order chi connectivity index (χ1) is 8.67. The van der Waals surface area contributed by atoms with Crippen LogP contribution in [-0.4, -0.2) is 25.9 Å². The number of rotatable bonds is 5. The van der Waals surface area contributed by atoms with E-state index in [1.165, 1.54) is 28.1 Å². The lowest BCUT2D eigenvalue weighted by Gasteiger charge is -2.27. The van der Waals surface area contributed by atoms with Gasteiger partial charge in [-0.1, -0.05) is 13.8 Å². The molecule has 0 saturated heterocycles. The van der Waals surface area contributed by atoms with E-state index in [0.717, 1.165) is 5.56 Å². The Kier molecular flexibility index (Phi) is 4.46. The predicted octanol–water partition coefficient (Wildman–Crippen LogP) is 3.18. The maximum Gasteiger partial charge on any atom is 0.167 e. The van der Waals surface area contributed by atoms with Gasteiger partial charge < -0.3 is 14.6 Å². The lowest BCUT2D eigenvalue weighted by molar-refractivity contribution is 0.205. The molecule has 0 aromatic heterocycles. The van der Waals surface area contributed by atoms with Crippen molar-refractivity contribution >= 4 is 0 Å². The van der Waals surface area contributed by atoms with Gasteiger partial charge in [0.15, 0.2) is 11.5 Å². The Bertz CT molecular complexity index is 447. The minimum absolute atomic E-state index is 0.0331. The number of aliphatic hydroxyl groups excluding tert-OH is 1. The molecule has 0 aliphatic heterocycles. The Morgan fingerprint density at radius 2 is 1.68 bits per heavy atom. The summed E-state index contributed by atoms with van der Waals surface area (Å²) >= 11 is 0. The first-order valence-electron chi connectivity index (χ1n) is 6.24. The van der Waals surface area contributed by atoms with Crippen LogP contribution in [0.5, 0.6) is 11.5 Å². The Hall–Kier alpha value is -1.29. The van der Waals surface area contributed by atoms with E-state index in [1.807, 2.05) is 13.8 Å². The Labute approximate surface area is 114 Å². The molecular weight excluding hydrogens is 247 g/mol. The second-order valence-electron chi connectivity index (χ2n) is 5.77. The summed E-state index contributed by atoms with van der Waals surface area (Å²) in [5, 5.41) is 9.47. The highest BCUT2D eigenvalue weighted by Crippen LogP contribution is 2.42. The average Bonchev–Trinajstić information content (AvgIpc) is 2.35. The first-order valence-corrected chi connectivity index (χ1v) is 6.24. The maximum absolute atomic E-state index is 14.4. The normalized spacial score (nSPS) is 12.4. The van der Waals surface area contributed by atoms with Crippen LogP contribution in [0.3, 0.4) is 0 Å². The van der Waals surface area contributed by atoms with Crippen molar-refractivity contribution in [2.24, 2.45) is 0 Å². The van der Waals surface area contributed by atoms with Crippen LogP contribution in [0, 0.1) is 0 Å². The summed E-state index contributed by atoms with van der Waals surface area (Å²) in [7, 11) is 3.01. The minimum Gasteiger partial charge on any atom is -0.493 e. The number of halogens is 1. The third-order valence-corrected chi connectivity index (χ3v) is 3.30. The molecule has 0 spiro atoms. The van der Waals surface area contributed by atoms with Gasteiger partial charge in [0.25, 0.3) is 0 Å². The molecule has 1 N–H and O–H groups in total. The molecule has 0 radical (unpaired) electrons. The van der Waals surface area contributed by atoms with Gasteiger partial charge in [0.05, 0.1) is 20.8 Å². The number of hydrogen-bond donors (Lipinski definition) is 1. The first kappa shape index (κ1) is 15.8. The smallest absolute Gasteiger partial charge is 0.167 e. The SMILES string of the molecule is COc1cc(C(C)(C)CO)cc(C(C)(C)F)c1OC. The summed E-state index contributed by atoms with van der Waals surface area (Å²) in [5.41, 5.74) is -0.793. The van der Waals surface area contributed by atoms with Gasteiger partial charge in [-0.15, -0.1) is 0 Å². The summed E-state index contributed by atoms with van der Waals surface area (Å²) in [6, 6.07) is 3.52. The fourth-order valence-corrected chi connectivity index (χ4v) is 1.89. The van der Waals surface area contributed by atoms with Crippen LogP contribution in [0.25, 0.3) is 0 Å². The molecule has 19 heavy (non-hydrogen) atoms. The zero-order valence-electron chi connectivity index (χ0n) is 12.5. The molecule has 4 heteroatoms. The maximum atomic E-state index is 14.4. The molecule has 0 fully saturated rings. The number of hydrogen-bond acceptors (Lipinski definition) is 3. The summed E-state index contributed by atoms with van der Waals surface area (Å²) < 4.78 is 24.9. The van der Waals surface area contributed by atoms with Crippen molar-refractivity contribution in [1.29, 1.82) is 0 Å². The Balaban J connectivity index is 3.56. The third kappa shape index (κ3) is 3.18. The van der Waals surface area contributed by atoms with Crippen molar-refractivity contribution in [1.82, 2.24) is 0 Å². The van der Waals surface area contributed by atoms with Crippen LogP contribution in [0.15, 0.2) is 12.1 Å². The third-order valence-electron chi connectivity index (χ3n) is 3.30. The van der Waals surface area contributed by atoms with Gasteiger partial charge in [-0.3, -0.25) is 0 Å². The number of benzene rings is 1. The largest absolute Gasteiger partial charge is 0.493 e. The predicted molar refractivity (Wildman–Crippen MR) is 73.8 cm³/mol. The standard InChI is InChI=1S/C15H23FO3/c1-14(2,9-17)10-7-11(15(3,4)16)13(19-6)12(8-10)18-5/h7-8,17H,9H2,1-6H3. The zero-order chi connectivity index (χ0) is 14.8. The van der Waals surface area contributed by atoms with Gasteiger partial charge in [0.2, 0.25) is 0 Å². The van der Waals surface area contributed by atoms with E-state index in [4.69, 9.17) is 9.47 Å². The van der Waals surface area contributed by atoms with Crippen molar-refractivity contribution in [3.8, 4) is 11.5 Å². The molecule has 0 saturated carbocycles. The number of ether oxygens (including phenoxy) is 2. The van der Waals surface area contributed by atoms with E-state index in [1.54, 1.807) is 12.1 Å². The molecule has 1 rings (SSSR count). The van der Waals surface area contributed by atoms with Gasteiger partial charge in [-0.05, 0) is 31.5 Å². The quantitative estimate of drug-likeness (QED) is 0.893. The zero-order valence-corrected chi connectivity index (χ0v) is 12.5. The summed E-state index contributed by atoms with van der Waals surface area (Å²) in [5.74, 6) is 0.870. The lowest BCUT2D eigenvalue weighted by atomic mass is 9.82. The summed E-state index contributed by atoms with van der Waals surface area (Å²) in [6.07, 6.45) is 0. The van der Waals surface area contributed by atoms with Crippen LogP contribution < -0.4 is 9.47 Å². The Morgan fingerprint density at radius 3 is 2.05 bits per heavy atom. The van der Waals surface area contributed by atoms with Crippen LogP contribution in [0.4, 0.5) is 4.39 Å². The lowest BCUT2D eigenvalue weighted by Crippen LogP contribution is -2.23. The van der Waals surface area contributed by atoms with E-state index < -0.39 is 11.1 Å². The van der Waals surface area contributed by atoms with E-state index in [2.05, 4.69) is 0 Å². The van der Waals surface area contributed by atoms with Gasteiger partial charge in [0.1, 0.15) is 5.67 Å².